The van der Waals surface area contributed by atoms with Gasteiger partial charge >= 0.3 is 6.18 Å². The number of alkyl halides is 3. The van der Waals surface area contributed by atoms with E-state index in [9.17, 15) is 17.6 Å². The molecule has 0 unspecified atom stereocenters. The number of anilines is 1. The van der Waals surface area contributed by atoms with Crippen LogP contribution in [0.1, 0.15) is 5.56 Å². The highest BCUT2D eigenvalue weighted by Crippen LogP contribution is 2.39. The van der Waals surface area contributed by atoms with Crippen molar-refractivity contribution in [2.75, 3.05) is 5.73 Å². The van der Waals surface area contributed by atoms with Crippen LogP contribution in [0.3, 0.4) is 0 Å². The van der Waals surface area contributed by atoms with Crippen molar-refractivity contribution in [3.63, 3.8) is 0 Å². The number of fused-ring (bicyclic) bond motifs is 1. The molecule has 0 aliphatic rings. The molecule has 0 saturated heterocycles. The number of aromatic nitrogens is 3. The molecule has 0 aliphatic heterocycles. The lowest BCUT2D eigenvalue weighted by Gasteiger charge is -2.14. The van der Waals surface area contributed by atoms with Crippen LogP contribution < -0.4 is 5.73 Å². The lowest BCUT2D eigenvalue weighted by molar-refractivity contribution is -0.137. The Hall–Kier alpha value is -2.71. The van der Waals surface area contributed by atoms with Gasteiger partial charge in [0.1, 0.15) is 5.82 Å². The summed E-state index contributed by atoms with van der Waals surface area (Å²) in [6.45, 7) is 0. The van der Waals surface area contributed by atoms with Gasteiger partial charge in [-0.25, -0.2) is 14.0 Å². The SMILES string of the molecule is Nc1cc(C(F)(F)F)c(-c2cnc3nonc3c2)cc1F. The van der Waals surface area contributed by atoms with Crippen molar-refractivity contribution in [2.45, 2.75) is 6.18 Å². The number of nitrogen functional groups attached to an aromatic ring is 1. The van der Waals surface area contributed by atoms with Gasteiger partial charge in [0.05, 0.1) is 11.3 Å². The fraction of sp³-hybridized carbons (Fsp3) is 0.0833. The Morgan fingerprint density at radius 3 is 2.57 bits per heavy atom. The van der Waals surface area contributed by atoms with Crippen molar-refractivity contribution < 1.29 is 22.2 Å². The lowest BCUT2D eigenvalue weighted by atomic mass is 9.99. The van der Waals surface area contributed by atoms with Crippen LogP contribution >= 0.6 is 0 Å². The number of hydrogen-bond acceptors (Lipinski definition) is 5. The van der Waals surface area contributed by atoms with Crippen LogP contribution in [0.25, 0.3) is 22.3 Å². The molecule has 2 N–H and O–H groups in total. The summed E-state index contributed by atoms with van der Waals surface area (Å²) >= 11 is 0. The molecule has 5 nitrogen and oxygen atoms in total. The summed E-state index contributed by atoms with van der Waals surface area (Å²) in [6.07, 6.45) is -3.55. The highest BCUT2D eigenvalue weighted by Gasteiger charge is 2.34. The van der Waals surface area contributed by atoms with Crippen LogP contribution in [0.4, 0.5) is 23.2 Å². The van der Waals surface area contributed by atoms with Gasteiger partial charge in [0.15, 0.2) is 5.52 Å². The lowest BCUT2D eigenvalue weighted by Crippen LogP contribution is -2.09. The van der Waals surface area contributed by atoms with Crippen molar-refractivity contribution in [2.24, 2.45) is 0 Å². The Kier molecular flexibility index (Phi) is 2.78. The summed E-state index contributed by atoms with van der Waals surface area (Å²) in [4.78, 5) is 3.80. The minimum Gasteiger partial charge on any atom is -0.396 e. The third-order valence-corrected chi connectivity index (χ3v) is 2.87. The third kappa shape index (κ3) is 2.26. The quantitative estimate of drug-likeness (QED) is 0.552. The Balaban J connectivity index is 2.27. The smallest absolute Gasteiger partial charge is 0.396 e. The molecule has 0 aliphatic carbocycles. The summed E-state index contributed by atoms with van der Waals surface area (Å²) in [5.41, 5.74) is 3.53. The highest BCUT2D eigenvalue weighted by atomic mass is 19.4. The average molecular weight is 298 g/mol. The standard InChI is InChI=1S/C12H6F4N4O/c13-8-2-6(7(3-9(8)17)12(14,15)16)5-1-10-11(18-4-5)20-21-19-10/h1-4H,17H2. The monoisotopic (exact) mass is 298 g/mol. The molecular formula is C12H6F4N4O. The first kappa shape index (κ1) is 13.3. The maximum Gasteiger partial charge on any atom is 0.417 e. The van der Waals surface area contributed by atoms with Crippen molar-refractivity contribution in [3.05, 3.63) is 35.8 Å². The summed E-state index contributed by atoms with van der Waals surface area (Å²) in [5.74, 6) is -0.948. The first-order valence-electron chi connectivity index (χ1n) is 5.61. The van der Waals surface area contributed by atoms with E-state index in [1.54, 1.807) is 0 Å². The molecule has 1 aromatic carbocycles. The van der Waals surface area contributed by atoms with Gasteiger partial charge in [-0.3, -0.25) is 0 Å². The Morgan fingerprint density at radius 1 is 1.10 bits per heavy atom. The summed E-state index contributed by atoms with van der Waals surface area (Å²) < 4.78 is 57.1. The summed E-state index contributed by atoms with van der Waals surface area (Å²) in [7, 11) is 0. The van der Waals surface area contributed by atoms with E-state index in [1.807, 2.05) is 0 Å². The molecule has 0 atom stereocenters. The molecule has 0 spiro atoms. The van der Waals surface area contributed by atoms with Gasteiger partial charge < -0.3 is 5.73 Å². The van der Waals surface area contributed by atoms with E-state index in [2.05, 4.69) is 19.9 Å². The van der Waals surface area contributed by atoms with Crippen LogP contribution in [-0.2, 0) is 6.18 Å². The van der Waals surface area contributed by atoms with Crippen molar-refractivity contribution in [1.29, 1.82) is 0 Å². The molecule has 108 valence electrons. The molecule has 3 aromatic rings. The first-order valence-corrected chi connectivity index (χ1v) is 5.61. The minimum atomic E-state index is -4.69. The maximum absolute atomic E-state index is 13.5. The van der Waals surface area contributed by atoms with Crippen LogP contribution in [0.5, 0.6) is 0 Å². The fourth-order valence-electron chi connectivity index (χ4n) is 1.90. The van der Waals surface area contributed by atoms with Gasteiger partial charge in [-0.2, -0.15) is 13.2 Å². The number of rotatable bonds is 1. The molecule has 3 rings (SSSR count). The van der Waals surface area contributed by atoms with Crippen LogP contribution in [0, 0.1) is 5.82 Å². The van der Waals surface area contributed by atoms with Gasteiger partial charge in [-0.1, -0.05) is 0 Å². The number of nitrogens with two attached hydrogens (primary N) is 1. The zero-order chi connectivity index (χ0) is 15.2. The Labute approximate surface area is 114 Å². The molecule has 2 heterocycles. The molecule has 21 heavy (non-hydrogen) atoms. The van der Waals surface area contributed by atoms with Gasteiger partial charge in [0, 0.05) is 11.8 Å². The molecule has 9 heteroatoms. The minimum absolute atomic E-state index is 0.0319. The van der Waals surface area contributed by atoms with Gasteiger partial charge in [0.25, 0.3) is 0 Å². The third-order valence-electron chi connectivity index (χ3n) is 2.87. The van der Waals surface area contributed by atoms with E-state index >= 15 is 0 Å². The molecule has 2 aromatic heterocycles. The Bertz CT molecular complexity index is 828. The molecular weight excluding hydrogens is 292 g/mol. The zero-order valence-corrected chi connectivity index (χ0v) is 10.1. The molecule has 0 amide bonds. The number of pyridine rings is 1. The molecule has 0 saturated carbocycles. The highest BCUT2D eigenvalue weighted by molar-refractivity contribution is 5.79. The molecule has 0 bridgehead atoms. The number of nitrogens with zero attached hydrogens (tertiary/aromatic N) is 3. The summed E-state index contributed by atoms with van der Waals surface area (Å²) in [5, 5.41) is 6.93. The van der Waals surface area contributed by atoms with E-state index in [-0.39, 0.29) is 22.3 Å². The van der Waals surface area contributed by atoms with E-state index in [4.69, 9.17) is 5.73 Å². The van der Waals surface area contributed by atoms with Crippen LogP contribution in [0.15, 0.2) is 29.0 Å². The molecule has 0 fully saturated rings. The largest absolute Gasteiger partial charge is 0.417 e. The van der Waals surface area contributed by atoms with Crippen molar-refractivity contribution in [3.8, 4) is 11.1 Å². The molecule has 0 radical (unpaired) electrons. The first-order chi connectivity index (χ1) is 9.86. The number of hydrogen-bond donors (Lipinski definition) is 1. The second kappa shape index (κ2) is 4.40. The predicted octanol–water partition coefficient (Wildman–Crippen LogP) is 3.02. The van der Waals surface area contributed by atoms with Crippen LogP contribution in [0.2, 0.25) is 0 Å². The topological polar surface area (TPSA) is 77.8 Å². The van der Waals surface area contributed by atoms with Crippen LogP contribution in [-0.4, -0.2) is 15.3 Å². The van der Waals surface area contributed by atoms with Gasteiger partial charge in [0.2, 0.25) is 5.65 Å². The maximum atomic E-state index is 13.5. The van der Waals surface area contributed by atoms with Crippen molar-refractivity contribution in [1.82, 2.24) is 15.3 Å². The van der Waals surface area contributed by atoms with Gasteiger partial charge in [-0.15, -0.1) is 0 Å². The van der Waals surface area contributed by atoms with E-state index in [0.29, 0.717) is 12.1 Å². The van der Waals surface area contributed by atoms with E-state index < -0.39 is 23.2 Å². The normalized spacial score (nSPS) is 12.0. The second-order valence-corrected chi connectivity index (χ2v) is 4.25. The number of halogens is 4. The van der Waals surface area contributed by atoms with E-state index in [1.165, 1.54) is 6.07 Å². The second-order valence-electron chi connectivity index (χ2n) is 4.25. The Morgan fingerprint density at radius 2 is 1.86 bits per heavy atom. The predicted molar refractivity (Wildman–Crippen MR) is 64.4 cm³/mol. The number of benzene rings is 1. The fourth-order valence-corrected chi connectivity index (χ4v) is 1.90. The summed E-state index contributed by atoms with van der Waals surface area (Å²) in [6, 6.07) is 2.55. The van der Waals surface area contributed by atoms with Gasteiger partial charge in [-0.05, 0) is 34.1 Å². The van der Waals surface area contributed by atoms with Crippen molar-refractivity contribution >= 4 is 16.9 Å². The van der Waals surface area contributed by atoms with E-state index in [0.717, 1.165) is 6.20 Å². The zero-order valence-electron chi connectivity index (χ0n) is 10.1. The average Bonchev–Trinajstić information content (AvgIpc) is 2.87.